The lowest BCUT2D eigenvalue weighted by molar-refractivity contribution is -0.137. The van der Waals surface area contributed by atoms with Gasteiger partial charge in [0.2, 0.25) is 0 Å². The predicted molar refractivity (Wildman–Crippen MR) is 64.7 cm³/mol. The van der Waals surface area contributed by atoms with Crippen molar-refractivity contribution in [2.24, 2.45) is 0 Å². The van der Waals surface area contributed by atoms with Crippen LogP contribution in [-0.2, 0) is 6.18 Å². The van der Waals surface area contributed by atoms with Gasteiger partial charge in [0.1, 0.15) is 0 Å². The molecule has 0 saturated heterocycles. The van der Waals surface area contributed by atoms with E-state index >= 15 is 0 Å². The Morgan fingerprint density at radius 2 is 1.72 bits per heavy atom. The normalized spacial score (nSPS) is 11.6. The molecular weight excluding hydrogens is 286 g/mol. The molecule has 0 spiro atoms. The summed E-state index contributed by atoms with van der Waals surface area (Å²) in [4.78, 5) is 3.76. The van der Waals surface area contributed by atoms with Gasteiger partial charge in [0.05, 0.1) is 16.3 Å². The molecule has 2 rings (SSSR count). The molecular formula is C12H6Cl2F3N. The fraction of sp³-hybridized carbons (Fsp3) is 0.0833. The monoisotopic (exact) mass is 291 g/mol. The lowest BCUT2D eigenvalue weighted by Gasteiger charge is -2.08. The highest BCUT2D eigenvalue weighted by Gasteiger charge is 2.30. The summed E-state index contributed by atoms with van der Waals surface area (Å²) >= 11 is 11.7. The number of pyridine rings is 1. The van der Waals surface area contributed by atoms with Gasteiger partial charge in [-0.25, -0.2) is 0 Å². The van der Waals surface area contributed by atoms with E-state index in [0.29, 0.717) is 21.3 Å². The molecule has 1 aromatic heterocycles. The zero-order chi connectivity index (χ0) is 13.3. The summed E-state index contributed by atoms with van der Waals surface area (Å²) in [5, 5.41) is 0.797. The Kier molecular flexibility index (Phi) is 3.50. The number of alkyl halides is 3. The highest BCUT2D eigenvalue weighted by atomic mass is 35.5. The summed E-state index contributed by atoms with van der Waals surface area (Å²) in [5.41, 5.74) is 0.107. The summed E-state index contributed by atoms with van der Waals surface area (Å²) in [6, 6.07) is 6.96. The summed E-state index contributed by atoms with van der Waals surface area (Å²) < 4.78 is 37.1. The Morgan fingerprint density at radius 1 is 1.00 bits per heavy atom. The third-order valence-corrected chi connectivity index (χ3v) is 2.85. The molecule has 0 radical (unpaired) electrons. The Bertz CT molecular complexity index is 565. The van der Waals surface area contributed by atoms with Gasteiger partial charge in [0.25, 0.3) is 0 Å². The highest BCUT2D eigenvalue weighted by molar-refractivity contribution is 6.36. The molecule has 0 bridgehead atoms. The molecule has 1 heterocycles. The van der Waals surface area contributed by atoms with E-state index in [1.807, 2.05) is 0 Å². The van der Waals surface area contributed by atoms with Crippen molar-refractivity contribution in [3.05, 3.63) is 52.1 Å². The number of hydrogen-bond acceptors (Lipinski definition) is 1. The Morgan fingerprint density at radius 3 is 2.22 bits per heavy atom. The van der Waals surface area contributed by atoms with Crippen LogP contribution >= 0.6 is 23.2 Å². The number of hydrogen-bond donors (Lipinski definition) is 0. The first kappa shape index (κ1) is 13.2. The molecule has 0 aliphatic carbocycles. The second-order valence-electron chi connectivity index (χ2n) is 3.55. The average molecular weight is 292 g/mol. The van der Waals surface area contributed by atoms with Gasteiger partial charge in [0.15, 0.2) is 0 Å². The van der Waals surface area contributed by atoms with E-state index in [-0.39, 0.29) is 0 Å². The Labute approximate surface area is 111 Å². The molecule has 0 aliphatic heterocycles. The van der Waals surface area contributed by atoms with Crippen molar-refractivity contribution in [1.82, 2.24) is 4.98 Å². The molecule has 0 saturated carbocycles. The second-order valence-corrected chi connectivity index (χ2v) is 4.40. The summed E-state index contributed by atoms with van der Waals surface area (Å²) in [7, 11) is 0. The zero-order valence-corrected chi connectivity index (χ0v) is 10.3. The van der Waals surface area contributed by atoms with Crippen LogP contribution < -0.4 is 0 Å². The van der Waals surface area contributed by atoms with Crippen molar-refractivity contribution in [2.45, 2.75) is 6.18 Å². The van der Waals surface area contributed by atoms with Crippen molar-refractivity contribution in [2.75, 3.05) is 0 Å². The van der Waals surface area contributed by atoms with Crippen molar-refractivity contribution in [3.8, 4) is 11.3 Å². The molecule has 94 valence electrons. The number of halogens is 5. The minimum atomic E-state index is -4.39. The van der Waals surface area contributed by atoms with Gasteiger partial charge in [-0.05, 0) is 30.3 Å². The number of rotatable bonds is 1. The Balaban J connectivity index is 2.41. The van der Waals surface area contributed by atoms with Crippen LogP contribution in [0.2, 0.25) is 10.0 Å². The molecule has 0 atom stereocenters. The quantitative estimate of drug-likeness (QED) is 0.714. The first-order chi connectivity index (χ1) is 8.38. The van der Waals surface area contributed by atoms with E-state index < -0.39 is 11.7 Å². The lowest BCUT2D eigenvalue weighted by atomic mass is 10.1. The van der Waals surface area contributed by atoms with Crippen LogP contribution in [-0.4, -0.2) is 4.98 Å². The highest BCUT2D eigenvalue weighted by Crippen LogP contribution is 2.32. The first-order valence-electron chi connectivity index (χ1n) is 4.86. The van der Waals surface area contributed by atoms with Gasteiger partial charge in [-0.2, -0.15) is 13.2 Å². The van der Waals surface area contributed by atoms with Crippen LogP contribution in [0, 0.1) is 0 Å². The third kappa shape index (κ3) is 2.76. The van der Waals surface area contributed by atoms with Crippen LogP contribution in [0.3, 0.4) is 0 Å². The maximum absolute atomic E-state index is 12.4. The third-order valence-electron chi connectivity index (χ3n) is 2.30. The standard InChI is InChI=1S/C12H6Cl2F3N/c13-8-2-3-9(10(14)5-8)11-4-1-7(6-18-11)12(15,16)17/h1-6H. The zero-order valence-electron chi connectivity index (χ0n) is 8.80. The van der Waals surface area contributed by atoms with Gasteiger partial charge in [-0.15, -0.1) is 0 Å². The second kappa shape index (κ2) is 4.78. The van der Waals surface area contributed by atoms with Gasteiger partial charge in [-0.3, -0.25) is 4.98 Å². The van der Waals surface area contributed by atoms with Crippen LogP contribution in [0.1, 0.15) is 5.56 Å². The number of nitrogens with zero attached hydrogens (tertiary/aromatic N) is 1. The van der Waals surface area contributed by atoms with E-state index in [1.54, 1.807) is 12.1 Å². The first-order valence-corrected chi connectivity index (χ1v) is 5.62. The Hall–Kier alpha value is -1.26. The van der Waals surface area contributed by atoms with Gasteiger partial charge in [0, 0.05) is 16.8 Å². The van der Waals surface area contributed by atoms with Gasteiger partial charge < -0.3 is 0 Å². The molecule has 0 unspecified atom stereocenters. The smallest absolute Gasteiger partial charge is 0.256 e. The molecule has 1 nitrogen and oxygen atoms in total. The molecule has 0 amide bonds. The fourth-order valence-electron chi connectivity index (χ4n) is 1.42. The fourth-order valence-corrected chi connectivity index (χ4v) is 1.92. The number of benzene rings is 1. The molecule has 6 heteroatoms. The predicted octanol–water partition coefficient (Wildman–Crippen LogP) is 5.07. The van der Waals surface area contributed by atoms with E-state index in [2.05, 4.69) is 4.98 Å². The largest absolute Gasteiger partial charge is 0.417 e. The molecule has 0 fully saturated rings. The van der Waals surface area contributed by atoms with Crippen LogP contribution in [0.5, 0.6) is 0 Å². The van der Waals surface area contributed by atoms with Crippen molar-refractivity contribution in [3.63, 3.8) is 0 Å². The van der Waals surface area contributed by atoms with Gasteiger partial charge >= 0.3 is 6.18 Å². The van der Waals surface area contributed by atoms with Gasteiger partial charge in [-0.1, -0.05) is 23.2 Å². The summed E-state index contributed by atoms with van der Waals surface area (Å²) in [6.07, 6.45) is -3.62. The van der Waals surface area contributed by atoms with Crippen molar-refractivity contribution in [1.29, 1.82) is 0 Å². The van der Waals surface area contributed by atoms with Crippen LogP contribution in [0.4, 0.5) is 13.2 Å². The molecule has 18 heavy (non-hydrogen) atoms. The molecule has 0 N–H and O–H groups in total. The lowest BCUT2D eigenvalue weighted by Crippen LogP contribution is -2.05. The summed E-state index contributed by atoms with van der Waals surface area (Å²) in [6.45, 7) is 0. The average Bonchev–Trinajstić information content (AvgIpc) is 2.28. The number of aromatic nitrogens is 1. The maximum atomic E-state index is 12.4. The topological polar surface area (TPSA) is 12.9 Å². The van der Waals surface area contributed by atoms with Crippen molar-refractivity contribution < 1.29 is 13.2 Å². The van der Waals surface area contributed by atoms with E-state index in [1.165, 1.54) is 12.1 Å². The maximum Gasteiger partial charge on any atom is 0.417 e. The van der Waals surface area contributed by atoms with Crippen molar-refractivity contribution >= 4 is 23.2 Å². The SMILES string of the molecule is FC(F)(F)c1ccc(-c2ccc(Cl)cc2Cl)nc1. The minimum Gasteiger partial charge on any atom is -0.256 e. The van der Waals surface area contributed by atoms with Crippen LogP contribution in [0.25, 0.3) is 11.3 Å². The molecule has 0 aliphatic rings. The summed E-state index contributed by atoms with van der Waals surface area (Å²) in [5.74, 6) is 0. The molecule has 1 aromatic carbocycles. The minimum absolute atomic E-state index is 0.342. The molecule has 2 aromatic rings. The van der Waals surface area contributed by atoms with E-state index in [0.717, 1.165) is 12.3 Å². The van der Waals surface area contributed by atoms with E-state index in [4.69, 9.17) is 23.2 Å². The van der Waals surface area contributed by atoms with Crippen LogP contribution in [0.15, 0.2) is 36.5 Å². The van der Waals surface area contributed by atoms with E-state index in [9.17, 15) is 13.2 Å².